The van der Waals surface area contributed by atoms with E-state index in [0.717, 1.165) is 24.0 Å². The molecule has 0 saturated heterocycles. The van der Waals surface area contributed by atoms with Gasteiger partial charge in [0, 0.05) is 17.8 Å². The number of benzene rings is 3. The molecule has 0 radical (unpaired) electrons. The molecular formula is C24H26N2O3S. The molecular weight excluding hydrogens is 396 g/mol. The van der Waals surface area contributed by atoms with E-state index in [4.69, 9.17) is 0 Å². The van der Waals surface area contributed by atoms with Gasteiger partial charge in [-0.25, -0.2) is 8.42 Å². The summed E-state index contributed by atoms with van der Waals surface area (Å²) in [5.41, 5.74) is 4.41. The van der Waals surface area contributed by atoms with Crippen molar-refractivity contribution in [1.82, 2.24) is 0 Å². The zero-order valence-corrected chi connectivity index (χ0v) is 18.0. The third-order valence-corrected chi connectivity index (χ3v) is 6.32. The molecule has 30 heavy (non-hydrogen) atoms. The summed E-state index contributed by atoms with van der Waals surface area (Å²) < 4.78 is 27.8. The second-order valence-corrected chi connectivity index (χ2v) is 9.00. The minimum Gasteiger partial charge on any atom is -0.326 e. The fourth-order valence-corrected chi connectivity index (χ4v) is 4.11. The Morgan fingerprint density at radius 2 is 1.50 bits per heavy atom. The fraction of sp³-hybridized carbons (Fsp3) is 0.208. The highest BCUT2D eigenvalue weighted by atomic mass is 32.2. The Bertz CT molecular complexity index is 1110. The van der Waals surface area contributed by atoms with E-state index in [9.17, 15) is 13.2 Å². The van der Waals surface area contributed by atoms with Gasteiger partial charge in [-0.15, -0.1) is 0 Å². The number of nitrogens with one attached hydrogen (secondary N) is 2. The van der Waals surface area contributed by atoms with Gasteiger partial charge in [0.25, 0.3) is 10.0 Å². The average Bonchev–Trinajstić information content (AvgIpc) is 2.72. The highest BCUT2D eigenvalue weighted by Crippen LogP contribution is 2.20. The van der Waals surface area contributed by atoms with Crippen molar-refractivity contribution in [2.45, 2.75) is 38.0 Å². The lowest BCUT2D eigenvalue weighted by atomic mass is 10.1. The van der Waals surface area contributed by atoms with Crippen LogP contribution in [0.25, 0.3) is 0 Å². The minimum absolute atomic E-state index is 0.0882. The molecule has 5 nitrogen and oxygen atoms in total. The molecule has 156 valence electrons. The summed E-state index contributed by atoms with van der Waals surface area (Å²) in [5, 5.41) is 2.82. The van der Waals surface area contributed by atoms with Crippen LogP contribution in [-0.4, -0.2) is 14.3 Å². The van der Waals surface area contributed by atoms with Crippen molar-refractivity contribution in [1.29, 1.82) is 0 Å². The Morgan fingerprint density at radius 3 is 2.17 bits per heavy atom. The largest absolute Gasteiger partial charge is 0.326 e. The van der Waals surface area contributed by atoms with Gasteiger partial charge >= 0.3 is 0 Å². The molecule has 0 bridgehead atoms. The van der Waals surface area contributed by atoms with Gasteiger partial charge in [0.1, 0.15) is 0 Å². The highest BCUT2D eigenvalue weighted by Gasteiger charge is 2.14. The maximum Gasteiger partial charge on any atom is 0.261 e. The molecule has 2 N–H and O–H groups in total. The van der Waals surface area contributed by atoms with Gasteiger partial charge in [-0.1, -0.05) is 36.4 Å². The molecule has 0 aromatic heterocycles. The molecule has 6 heteroatoms. The average molecular weight is 423 g/mol. The van der Waals surface area contributed by atoms with Crippen molar-refractivity contribution in [2.24, 2.45) is 0 Å². The van der Waals surface area contributed by atoms with E-state index in [1.807, 2.05) is 50.2 Å². The van der Waals surface area contributed by atoms with Crippen LogP contribution >= 0.6 is 0 Å². The number of aryl methyl sites for hydroxylation is 3. The van der Waals surface area contributed by atoms with Gasteiger partial charge < -0.3 is 5.32 Å². The second kappa shape index (κ2) is 9.59. The van der Waals surface area contributed by atoms with Gasteiger partial charge in [0.05, 0.1) is 4.90 Å². The molecule has 0 fully saturated rings. The van der Waals surface area contributed by atoms with Gasteiger partial charge in [-0.05, 0) is 79.8 Å². The number of sulfonamides is 1. The van der Waals surface area contributed by atoms with Crippen molar-refractivity contribution >= 4 is 27.3 Å². The highest BCUT2D eigenvalue weighted by molar-refractivity contribution is 7.92. The van der Waals surface area contributed by atoms with Gasteiger partial charge in [-0.2, -0.15) is 0 Å². The lowest BCUT2D eigenvalue weighted by Gasteiger charge is -2.11. The van der Waals surface area contributed by atoms with Crippen LogP contribution in [0.15, 0.2) is 77.7 Å². The standard InChI is InChI=1S/C24H26N2O3S/c1-18-11-12-22(17-19(18)2)26-30(28,29)23-15-13-21(14-16-23)25-24(27)10-6-9-20-7-4-3-5-8-20/h3-5,7-8,11-17,26H,6,9-10H2,1-2H3,(H,25,27). The predicted molar refractivity (Wildman–Crippen MR) is 121 cm³/mol. The van der Waals surface area contributed by atoms with Crippen LogP contribution in [0.3, 0.4) is 0 Å². The lowest BCUT2D eigenvalue weighted by molar-refractivity contribution is -0.116. The van der Waals surface area contributed by atoms with Crippen LogP contribution in [-0.2, 0) is 21.2 Å². The SMILES string of the molecule is Cc1ccc(NS(=O)(=O)c2ccc(NC(=O)CCCc3ccccc3)cc2)cc1C. The van der Waals surface area contributed by atoms with Crippen molar-refractivity contribution in [3.05, 3.63) is 89.5 Å². The summed E-state index contributed by atoms with van der Waals surface area (Å²) in [6.07, 6.45) is 2.00. The van der Waals surface area contributed by atoms with E-state index in [2.05, 4.69) is 10.0 Å². The van der Waals surface area contributed by atoms with E-state index >= 15 is 0 Å². The normalized spacial score (nSPS) is 11.1. The smallest absolute Gasteiger partial charge is 0.261 e. The van der Waals surface area contributed by atoms with Gasteiger partial charge in [0.2, 0.25) is 5.91 Å². The van der Waals surface area contributed by atoms with E-state index in [1.165, 1.54) is 17.7 Å². The van der Waals surface area contributed by atoms with Gasteiger partial charge in [0.15, 0.2) is 0 Å². The van der Waals surface area contributed by atoms with Crippen LogP contribution in [0.4, 0.5) is 11.4 Å². The molecule has 0 heterocycles. The van der Waals surface area contributed by atoms with Crippen molar-refractivity contribution in [3.63, 3.8) is 0 Å². The second-order valence-electron chi connectivity index (χ2n) is 7.32. The maximum absolute atomic E-state index is 12.6. The van der Waals surface area contributed by atoms with Crippen molar-refractivity contribution in [3.8, 4) is 0 Å². The van der Waals surface area contributed by atoms with E-state index in [-0.39, 0.29) is 10.8 Å². The first-order valence-corrected chi connectivity index (χ1v) is 11.4. The monoisotopic (exact) mass is 422 g/mol. The summed E-state index contributed by atoms with van der Waals surface area (Å²) in [7, 11) is -3.70. The first-order chi connectivity index (χ1) is 14.3. The number of hydrogen-bond donors (Lipinski definition) is 2. The number of carbonyl (C=O) groups excluding carboxylic acids is 1. The Balaban J connectivity index is 1.55. The molecule has 0 spiro atoms. The molecule has 0 unspecified atom stereocenters. The number of carbonyl (C=O) groups is 1. The fourth-order valence-electron chi connectivity index (χ4n) is 3.06. The maximum atomic E-state index is 12.6. The van der Waals surface area contributed by atoms with Gasteiger partial charge in [-0.3, -0.25) is 9.52 Å². The first-order valence-electron chi connectivity index (χ1n) is 9.87. The Kier molecular flexibility index (Phi) is 6.90. The topological polar surface area (TPSA) is 75.3 Å². The Morgan fingerprint density at radius 1 is 0.833 bits per heavy atom. The number of amides is 1. The number of anilines is 2. The lowest BCUT2D eigenvalue weighted by Crippen LogP contribution is -2.14. The molecule has 3 aromatic rings. The molecule has 0 aliphatic rings. The summed E-state index contributed by atoms with van der Waals surface area (Å²) in [4.78, 5) is 12.3. The van der Waals surface area contributed by atoms with Crippen LogP contribution in [0.5, 0.6) is 0 Å². The number of rotatable bonds is 8. The molecule has 0 aliphatic heterocycles. The third kappa shape index (κ3) is 5.94. The summed E-state index contributed by atoms with van der Waals surface area (Å²) in [6, 6.07) is 21.6. The van der Waals surface area contributed by atoms with E-state index in [1.54, 1.807) is 24.3 Å². The van der Waals surface area contributed by atoms with E-state index < -0.39 is 10.0 Å². The molecule has 0 saturated carbocycles. The van der Waals surface area contributed by atoms with Crippen LogP contribution < -0.4 is 10.0 Å². The van der Waals surface area contributed by atoms with Crippen LogP contribution in [0, 0.1) is 13.8 Å². The molecule has 0 aliphatic carbocycles. The molecule has 3 rings (SSSR count). The van der Waals surface area contributed by atoms with Crippen LogP contribution in [0.2, 0.25) is 0 Å². The molecule has 0 atom stereocenters. The summed E-state index contributed by atoms with van der Waals surface area (Å²) >= 11 is 0. The van der Waals surface area contributed by atoms with E-state index in [0.29, 0.717) is 17.8 Å². The zero-order chi connectivity index (χ0) is 21.6. The molecule has 1 amide bonds. The minimum atomic E-state index is -3.70. The third-order valence-electron chi connectivity index (χ3n) is 4.92. The Labute approximate surface area is 178 Å². The zero-order valence-electron chi connectivity index (χ0n) is 17.2. The summed E-state index contributed by atoms with van der Waals surface area (Å²) in [6.45, 7) is 3.91. The quantitative estimate of drug-likeness (QED) is 0.532. The molecule has 3 aromatic carbocycles. The first kappa shape index (κ1) is 21.6. The number of hydrogen-bond acceptors (Lipinski definition) is 3. The van der Waals surface area contributed by atoms with Crippen LogP contribution in [0.1, 0.15) is 29.5 Å². The van der Waals surface area contributed by atoms with Crippen molar-refractivity contribution in [2.75, 3.05) is 10.0 Å². The predicted octanol–water partition coefficient (Wildman–Crippen LogP) is 5.07. The summed E-state index contributed by atoms with van der Waals surface area (Å²) in [5.74, 6) is -0.0882. The van der Waals surface area contributed by atoms with Crippen molar-refractivity contribution < 1.29 is 13.2 Å². The Hall–Kier alpha value is -3.12.